The number of hydrogen-bond acceptors (Lipinski definition) is 5. The Balaban J connectivity index is 2.27. The summed E-state index contributed by atoms with van der Waals surface area (Å²) in [5.74, 6) is -0.722. The first-order chi connectivity index (χ1) is 12.8. The average Bonchev–Trinajstić information content (AvgIpc) is 3.13. The van der Waals surface area contributed by atoms with Crippen LogP contribution >= 0.6 is 0 Å². The molecule has 140 valence electrons. The van der Waals surface area contributed by atoms with Crippen LogP contribution in [-0.4, -0.2) is 27.7 Å². The summed E-state index contributed by atoms with van der Waals surface area (Å²) in [7, 11) is 1.50. The van der Waals surface area contributed by atoms with Crippen LogP contribution in [0.4, 0.5) is 4.39 Å². The van der Waals surface area contributed by atoms with Gasteiger partial charge in [0.25, 0.3) is 0 Å². The average molecular weight is 368 g/mol. The summed E-state index contributed by atoms with van der Waals surface area (Å²) in [6, 6.07) is 3.34. The summed E-state index contributed by atoms with van der Waals surface area (Å²) in [6.45, 7) is 6.17. The number of ketones is 1. The van der Waals surface area contributed by atoms with Crippen molar-refractivity contribution in [2.24, 2.45) is 5.41 Å². The van der Waals surface area contributed by atoms with Crippen molar-refractivity contribution in [3.05, 3.63) is 47.8 Å². The van der Waals surface area contributed by atoms with Gasteiger partial charge in [-0.15, -0.1) is 0 Å². The molecular formula is C20H21FN4O2. The van der Waals surface area contributed by atoms with Crippen LogP contribution in [0.15, 0.2) is 36.3 Å². The number of rotatable bonds is 4. The summed E-state index contributed by atoms with van der Waals surface area (Å²) < 4.78 is 21.6. The van der Waals surface area contributed by atoms with Crippen LogP contribution in [0.25, 0.3) is 11.1 Å². The van der Waals surface area contributed by atoms with E-state index in [-0.39, 0.29) is 17.8 Å². The fraction of sp³-hybridized carbons (Fsp3) is 0.400. The second-order valence-corrected chi connectivity index (χ2v) is 7.29. The summed E-state index contributed by atoms with van der Waals surface area (Å²) in [5, 5.41) is 13.7. The maximum Gasteiger partial charge on any atom is 0.178 e. The molecule has 0 aromatic carbocycles. The second kappa shape index (κ2) is 6.71. The molecular weight excluding hydrogens is 347 g/mol. The van der Waals surface area contributed by atoms with Gasteiger partial charge >= 0.3 is 0 Å². The topological polar surface area (TPSA) is 80.8 Å². The molecule has 27 heavy (non-hydrogen) atoms. The number of nitrogens with zero attached hydrogens (tertiary/aromatic N) is 4. The highest BCUT2D eigenvalue weighted by Crippen LogP contribution is 2.47. The molecule has 1 aliphatic rings. The molecule has 0 saturated heterocycles. The zero-order valence-corrected chi connectivity index (χ0v) is 15.8. The summed E-state index contributed by atoms with van der Waals surface area (Å²) in [5.41, 5.74) is -0.256. The van der Waals surface area contributed by atoms with Gasteiger partial charge in [-0.3, -0.25) is 14.5 Å². The largest absolute Gasteiger partial charge is 0.368 e. The molecule has 1 unspecified atom stereocenters. The highest BCUT2D eigenvalue weighted by atomic mass is 19.1. The Kier molecular flexibility index (Phi) is 4.70. The molecule has 0 amide bonds. The van der Waals surface area contributed by atoms with E-state index in [1.165, 1.54) is 19.3 Å². The molecule has 0 saturated carbocycles. The van der Waals surface area contributed by atoms with Gasteiger partial charge in [0.2, 0.25) is 0 Å². The smallest absolute Gasteiger partial charge is 0.178 e. The molecule has 0 N–H and O–H groups in total. The van der Waals surface area contributed by atoms with Crippen LogP contribution in [0.2, 0.25) is 0 Å². The zero-order valence-electron chi connectivity index (χ0n) is 15.8. The van der Waals surface area contributed by atoms with E-state index in [1.807, 2.05) is 13.0 Å². The Morgan fingerprint density at radius 3 is 2.74 bits per heavy atom. The number of ether oxygens (including phenoxy) is 1. The SMILES string of the molecule is CCn1cc(-c2cc(F)cnc2C2(OC)C=C(C#N)C(=O)C(C)(C)C2)cn1. The lowest BCUT2D eigenvalue weighted by molar-refractivity contribution is -0.128. The number of methoxy groups -OCH3 is 1. The van der Waals surface area contributed by atoms with Crippen molar-refractivity contribution in [1.29, 1.82) is 5.26 Å². The molecule has 0 radical (unpaired) electrons. The van der Waals surface area contributed by atoms with Crippen molar-refractivity contribution >= 4 is 5.78 Å². The van der Waals surface area contributed by atoms with Gasteiger partial charge in [-0.2, -0.15) is 10.4 Å². The second-order valence-electron chi connectivity index (χ2n) is 7.29. The van der Waals surface area contributed by atoms with Crippen LogP contribution in [-0.2, 0) is 21.7 Å². The van der Waals surface area contributed by atoms with Crippen LogP contribution in [0.3, 0.4) is 0 Å². The molecule has 0 bridgehead atoms. The molecule has 0 aliphatic heterocycles. The van der Waals surface area contributed by atoms with E-state index >= 15 is 0 Å². The number of aromatic nitrogens is 3. The Hall–Kier alpha value is -2.85. The summed E-state index contributed by atoms with van der Waals surface area (Å²) in [4.78, 5) is 16.8. The molecule has 2 aromatic heterocycles. The van der Waals surface area contributed by atoms with E-state index in [0.29, 0.717) is 23.4 Å². The van der Waals surface area contributed by atoms with Crippen LogP contribution in [0.1, 0.15) is 32.9 Å². The molecule has 7 heteroatoms. The third-order valence-electron chi connectivity index (χ3n) is 4.95. The maximum absolute atomic E-state index is 14.0. The molecule has 6 nitrogen and oxygen atoms in total. The highest BCUT2D eigenvalue weighted by molar-refractivity contribution is 6.04. The van der Waals surface area contributed by atoms with Gasteiger partial charge in [-0.05, 0) is 25.5 Å². The molecule has 2 heterocycles. The lowest BCUT2D eigenvalue weighted by Crippen LogP contribution is -2.42. The number of nitriles is 1. The van der Waals surface area contributed by atoms with Crippen LogP contribution < -0.4 is 0 Å². The highest BCUT2D eigenvalue weighted by Gasteiger charge is 2.48. The Morgan fingerprint density at radius 2 is 2.15 bits per heavy atom. The van der Waals surface area contributed by atoms with Gasteiger partial charge in [0, 0.05) is 36.4 Å². The van der Waals surface area contributed by atoms with E-state index in [9.17, 15) is 14.4 Å². The molecule has 0 spiro atoms. The first kappa shape index (κ1) is 18.9. The molecule has 2 aromatic rings. The zero-order chi connectivity index (χ0) is 19.8. The minimum absolute atomic E-state index is 0.0226. The van der Waals surface area contributed by atoms with Crippen molar-refractivity contribution < 1.29 is 13.9 Å². The van der Waals surface area contributed by atoms with Crippen LogP contribution in [0.5, 0.6) is 0 Å². The third-order valence-corrected chi connectivity index (χ3v) is 4.95. The minimum Gasteiger partial charge on any atom is -0.368 e. The third kappa shape index (κ3) is 3.17. The lowest BCUT2D eigenvalue weighted by atomic mass is 9.68. The van der Waals surface area contributed by atoms with E-state index < -0.39 is 16.8 Å². The fourth-order valence-corrected chi connectivity index (χ4v) is 3.59. The van der Waals surface area contributed by atoms with Gasteiger partial charge in [0.15, 0.2) is 5.78 Å². The lowest BCUT2D eigenvalue weighted by Gasteiger charge is -2.40. The van der Waals surface area contributed by atoms with E-state index in [0.717, 1.165) is 6.20 Å². The van der Waals surface area contributed by atoms with E-state index in [1.54, 1.807) is 30.9 Å². The summed E-state index contributed by atoms with van der Waals surface area (Å²) >= 11 is 0. The number of allylic oxidation sites excluding steroid dienone is 1. The first-order valence-electron chi connectivity index (χ1n) is 8.68. The van der Waals surface area contributed by atoms with Gasteiger partial charge < -0.3 is 4.74 Å². The monoisotopic (exact) mass is 368 g/mol. The quantitative estimate of drug-likeness (QED) is 0.826. The number of pyridine rings is 1. The molecule has 0 fully saturated rings. The molecule has 1 atom stereocenters. The van der Waals surface area contributed by atoms with E-state index in [4.69, 9.17) is 4.74 Å². The van der Waals surface area contributed by atoms with Gasteiger partial charge in [-0.1, -0.05) is 13.8 Å². The number of carbonyl (C=O) groups is 1. The summed E-state index contributed by atoms with van der Waals surface area (Å²) in [6.07, 6.45) is 6.36. The van der Waals surface area contributed by atoms with Crippen molar-refractivity contribution in [2.75, 3.05) is 7.11 Å². The minimum atomic E-state index is -1.13. The number of halogens is 1. The fourth-order valence-electron chi connectivity index (χ4n) is 3.59. The Labute approximate surface area is 157 Å². The van der Waals surface area contributed by atoms with E-state index in [2.05, 4.69) is 10.1 Å². The van der Waals surface area contributed by atoms with Crippen molar-refractivity contribution in [2.45, 2.75) is 39.3 Å². The standard InChI is InChI=1S/C20H21FN4O2/c1-5-25-11-14(9-24-25)16-6-15(21)10-23-17(16)20(27-4)7-13(8-22)18(26)19(2,3)12-20/h6-7,9-11H,5,12H2,1-4H3. The number of Topliss-reactive ketones (excluding diaryl/α,β-unsaturated/α-hetero) is 1. The van der Waals surface area contributed by atoms with Crippen molar-refractivity contribution in [3.8, 4) is 17.2 Å². The van der Waals surface area contributed by atoms with Gasteiger partial charge in [0.1, 0.15) is 17.5 Å². The number of aryl methyl sites for hydroxylation is 1. The molecule has 3 rings (SSSR count). The Bertz CT molecular complexity index is 971. The number of carbonyl (C=O) groups excluding carboxylic acids is 1. The van der Waals surface area contributed by atoms with Crippen LogP contribution in [0, 0.1) is 22.6 Å². The molecule has 1 aliphatic carbocycles. The van der Waals surface area contributed by atoms with Crippen molar-refractivity contribution in [1.82, 2.24) is 14.8 Å². The number of hydrogen-bond donors (Lipinski definition) is 0. The van der Waals surface area contributed by atoms with Gasteiger partial charge in [0.05, 0.1) is 23.7 Å². The predicted octanol–water partition coefficient (Wildman–Crippen LogP) is 3.39. The van der Waals surface area contributed by atoms with Gasteiger partial charge in [-0.25, -0.2) is 4.39 Å². The Morgan fingerprint density at radius 1 is 1.41 bits per heavy atom. The maximum atomic E-state index is 14.0. The predicted molar refractivity (Wildman–Crippen MR) is 96.9 cm³/mol. The first-order valence-corrected chi connectivity index (χ1v) is 8.68. The normalized spacial score (nSPS) is 21.6. The van der Waals surface area contributed by atoms with Crippen molar-refractivity contribution in [3.63, 3.8) is 0 Å².